The number of ether oxygens (including phenoxy) is 1. The summed E-state index contributed by atoms with van der Waals surface area (Å²) in [6, 6.07) is 8.93. The summed E-state index contributed by atoms with van der Waals surface area (Å²) >= 11 is 1.73. The molecule has 2 rings (SSSR count). The molecule has 1 aliphatic heterocycles. The highest BCUT2D eigenvalue weighted by Gasteiger charge is 2.16. The van der Waals surface area contributed by atoms with E-state index in [-0.39, 0.29) is 0 Å². The van der Waals surface area contributed by atoms with Gasteiger partial charge < -0.3 is 10.1 Å². The zero-order valence-corrected chi connectivity index (χ0v) is 13.0. The van der Waals surface area contributed by atoms with Gasteiger partial charge in [0, 0.05) is 29.8 Å². The maximum Gasteiger partial charge on any atom is 0.100 e. The van der Waals surface area contributed by atoms with E-state index in [2.05, 4.69) is 37.4 Å². The second-order valence-electron chi connectivity index (χ2n) is 5.42. The number of benzene rings is 1. The van der Waals surface area contributed by atoms with Gasteiger partial charge >= 0.3 is 0 Å². The monoisotopic (exact) mass is 290 g/mol. The van der Waals surface area contributed by atoms with Gasteiger partial charge in [-0.25, -0.2) is 0 Å². The van der Waals surface area contributed by atoms with Crippen LogP contribution < -0.4 is 5.32 Å². The normalized spacial score (nSPS) is 18.4. The molecular formula is C16H22N2OS. The number of nitrogens with zero attached hydrogens (tertiary/aromatic N) is 1. The molecule has 0 spiro atoms. The summed E-state index contributed by atoms with van der Waals surface area (Å²) in [6.45, 7) is 5.94. The summed E-state index contributed by atoms with van der Waals surface area (Å²) in [5.41, 5.74) is 1.94. The molecule has 1 atom stereocenters. The van der Waals surface area contributed by atoms with Gasteiger partial charge in [0.05, 0.1) is 11.7 Å². The Morgan fingerprint density at radius 1 is 1.50 bits per heavy atom. The Balaban J connectivity index is 1.96. The third-order valence-corrected chi connectivity index (χ3v) is 4.53. The zero-order valence-electron chi connectivity index (χ0n) is 12.2. The van der Waals surface area contributed by atoms with Crippen LogP contribution in [0.4, 0.5) is 0 Å². The fourth-order valence-corrected chi connectivity index (χ4v) is 3.23. The van der Waals surface area contributed by atoms with Crippen LogP contribution in [0.15, 0.2) is 23.1 Å². The van der Waals surface area contributed by atoms with Crippen LogP contribution in [-0.2, 0) is 11.3 Å². The van der Waals surface area contributed by atoms with Crippen LogP contribution in [0.2, 0.25) is 0 Å². The van der Waals surface area contributed by atoms with Gasteiger partial charge in [-0.15, -0.1) is 11.8 Å². The van der Waals surface area contributed by atoms with Crippen molar-refractivity contribution in [3.05, 3.63) is 29.3 Å². The fourth-order valence-electron chi connectivity index (χ4n) is 2.18. The zero-order chi connectivity index (χ0) is 14.4. The summed E-state index contributed by atoms with van der Waals surface area (Å²) in [5.74, 6) is 0.943. The van der Waals surface area contributed by atoms with Crippen molar-refractivity contribution in [3.8, 4) is 6.07 Å². The van der Waals surface area contributed by atoms with Crippen molar-refractivity contribution >= 4 is 11.8 Å². The molecule has 1 saturated heterocycles. The fraction of sp³-hybridized carbons (Fsp3) is 0.562. The number of nitrogens with one attached hydrogen (secondary N) is 1. The highest BCUT2D eigenvalue weighted by atomic mass is 32.2. The Bertz CT molecular complexity index is 476. The van der Waals surface area contributed by atoms with E-state index in [0.29, 0.717) is 12.1 Å². The van der Waals surface area contributed by atoms with E-state index in [1.54, 1.807) is 11.8 Å². The average molecular weight is 290 g/mol. The number of hydrogen-bond acceptors (Lipinski definition) is 4. The molecule has 1 aromatic carbocycles. The Labute approximate surface area is 125 Å². The van der Waals surface area contributed by atoms with Crippen LogP contribution >= 0.6 is 11.8 Å². The molecule has 0 aliphatic carbocycles. The molecule has 0 radical (unpaired) electrons. The highest BCUT2D eigenvalue weighted by Crippen LogP contribution is 2.27. The standard InChI is InChI=1S/C16H22N2OS/c1-12(2)18-10-13-5-6-16(14(8-13)9-17)20-11-15-4-3-7-19-15/h5-6,8,12,15,18H,3-4,7,10-11H2,1-2H3. The van der Waals surface area contributed by atoms with E-state index < -0.39 is 0 Å². The van der Waals surface area contributed by atoms with Crippen molar-refractivity contribution in [1.29, 1.82) is 5.26 Å². The predicted octanol–water partition coefficient (Wildman–Crippen LogP) is 3.33. The topological polar surface area (TPSA) is 45.0 Å². The van der Waals surface area contributed by atoms with Crippen molar-refractivity contribution in [3.63, 3.8) is 0 Å². The van der Waals surface area contributed by atoms with Gasteiger partial charge in [0.1, 0.15) is 6.07 Å². The highest BCUT2D eigenvalue weighted by molar-refractivity contribution is 7.99. The molecule has 108 valence electrons. The third kappa shape index (κ3) is 4.52. The van der Waals surface area contributed by atoms with Gasteiger partial charge in [0.25, 0.3) is 0 Å². The van der Waals surface area contributed by atoms with E-state index in [4.69, 9.17) is 4.74 Å². The Morgan fingerprint density at radius 2 is 2.35 bits per heavy atom. The second kappa shape index (κ2) is 7.68. The maximum atomic E-state index is 9.30. The van der Waals surface area contributed by atoms with Gasteiger partial charge in [-0.1, -0.05) is 19.9 Å². The Kier molecular flexibility index (Phi) is 5.90. The minimum absolute atomic E-state index is 0.355. The van der Waals surface area contributed by atoms with Gasteiger partial charge in [0.15, 0.2) is 0 Å². The number of hydrogen-bond donors (Lipinski definition) is 1. The van der Waals surface area contributed by atoms with E-state index in [1.165, 1.54) is 0 Å². The van der Waals surface area contributed by atoms with Crippen molar-refractivity contribution in [2.24, 2.45) is 0 Å². The Morgan fingerprint density at radius 3 is 3.00 bits per heavy atom. The Hall–Kier alpha value is -1.02. The lowest BCUT2D eigenvalue weighted by molar-refractivity contribution is 0.129. The van der Waals surface area contributed by atoms with Gasteiger partial charge in [-0.2, -0.15) is 5.26 Å². The third-order valence-electron chi connectivity index (χ3n) is 3.33. The van der Waals surface area contributed by atoms with Gasteiger partial charge in [0.2, 0.25) is 0 Å². The quantitative estimate of drug-likeness (QED) is 0.816. The molecule has 1 fully saturated rings. The van der Waals surface area contributed by atoms with Crippen molar-refractivity contribution in [1.82, 2.24) is 5.32 Å². The minimum Gasteiger partial charge on any atom is -0.377 e. The van der Waals surface area contributed by atoms with E-state index in [1.807, 2.05) is 6.07 Å². The molecule has 3 nitrogen and oxygen atoms in total. The predicted molar refractivity (Wildman–Crippen MR) is 82.8 cm³/mol. The van der Waals surface area contributed by atoms with Crippen molar-refractivity contribution in [2.45, 2.75) is 50.3 Å². The number of thioether (sulfide) groups is 1. The first-order valence-corrected chi connectivity index (χ1v) is 8.18. The first-order valence-electron chi connectivity index (χ1n) is 7.20. The van der Waals surface area contributed by atoms with Crippen molar-refractivity contribution in [2.75, 3.05) is 12.4 Å². The molecule has 1 N–H and O–H groups in total. The molecule has 1 aromatic rings. The lowest BCUT2D eigenvalue weighted by atomic mass is 10.1. The molecule has 1 unspecified atom stereocenters. The molecule has 20 heavy (non-hydrogen) atoms. The first kappa shape index (κ1) is 15.4. The lowest BCUT2D eigenvalue weighted by Crippen LogP contribution is -2.21. The van der Waals surface area contributed by atoms with E-state index in [0.717, 1.165) is 47.8 Å². The molecule has 1 heterocycles. The van der Waals surface area contributed by atoms with Crippen LogP contribution in [-0.4, -0.2) is 24.5 Å². The molecule has 0 aromatic heterocycles. The van der Waals surface area contributed by atoms with E-state index >= 15 is 0 Å². The van der Waals surface area contributed by atoms with Gasteiger partial charge in [-0.05, 0) is 30.5 Å². The number of rotatable bonds is 6. The number of nitriles is 1. The molecule has 1 aliphatic rings. The first-order chi connectivity index (χ1) is 9.69. The molecule has 0 amide bonds. The van der Waals surface area contributed by atoms with Crippen molar-refractivity contribution < 1.29 is 4.74 Å². The van der Waals surface area contributed by atoms with Crippen LogP contribution in [0.3, 0.4) is 0 Å². The maximum absolute atomic E-state index is 9.30. The summed E-state index contributed by atoms with van der Waals surface area (Å²) < 4.78 is 5.62. The summed E-state index contributed by atoms with van der Waals surface area (Å²) in [5, 5.41) is 12.7. The molecular weight excluding hydrogens is 268 g/mol. The van der Waals surface area contributed by atoms with Crippen LogP contribution in [0.25, 0.3) is 0 Å². The SMILES string of the molecule is CC(C)NCc1ccc(SCC2CCCO2)c(C#N)c1. The summed E-state index contributed by atoms with van der Waals surface area (Å²) in [7, 11) is 0. The second-order valence-corrected chi connectivity index (χ2v) is 6.49. The summed E-state index contributed by atoms with van der Waals surface area (Å²) in [6.07, 6.45) is 2.66. The minimum atomic E-state index is 0.355. The smallest absolute Gasteiger partial charge is 0.100 e. The van der Waals surface area contributed by atoms with Crippen LogP contribution in [0.5, 0.6) is 0 Å². The molecule has 0 saturated carbocycles. The van der Waals surface area contributed by atoms with E-state index in [9.17, 15) is 5.26 Å². The molecule has 0 bridgehead atoms. The van der Waals surface area contributed by atoms with Crippen LogP contribution in [0, 0.1) is 11.3 Å². The molecule has 4 heteroatoms. The van der Waals surface area contributed by atoms with Crippen LogP contribution in [0.1, 0.15) is 37.8 Å². The lowest BCUT2D eigenvalue weighted by Gasteiger charge is -2.12. The van der Waals surface area contributed by atoms with Gasteiger partial charge in [-0.3, -0.25) is 0 Å². The average Bonchev–Trinajstić information content (AvgIpc) is 2.96. The summed E-state index contributed by atoms with van der Waals surface area (Å²) in [4.78, 5) is 1.07. The largest absolute Gasteiger partial charge is 0.377 e.